The quantitative estimate of drug-likeness (QED) is 0.728. The second-order valence-corrected chi connectivity index (χ2v) is 7.47. The van der Waals surface area contributed by atoms with E-state index in [9.17, 15) is 5.11 Å². The fraction of sp³-hybridized carbons (Fsp3) is 0.571. The summed E-state index contributed by atoms with van der Waals surface area (Å²) >= 11 is 4.31. The topological polar surface area (TPSA) is 38.7 Å². The number of nitrogens with zero attached hydrogens (tertiary/aromatic N) is 2. The molecule has 1 aromatic rings. The maximum atomic E-state index is 10.7. The fourth-order valence-electron chi connectivity index (χ4n) is 2.72. The van der Waals surface area contributed by atoms with Gasteiger partial charge >= 0.3 is 0 Å². The van der Waals surface area contributed by atoms with Crippen LogP contribution in [0.1, 0.15) is 5.56 Å². The normalized spacial score (nSPS) is 23.1. The highest BCUT2D eigenvalue weighted by atomic mass is 127. The van der Waals surface area contributed by atoms with Crippen LogP contribution in [0.4, 0.5) is 0 Å². The Labute approximate surface area is 138 Å². The van der Waals surface area contributed by atoms with E-state index in [0.717, 1.165) is 45.0 Å². The van der Waals surface area contributed by atoms with Crippen LogP contribution in [0.2, 0.25) is 0 Å². The van der Waals surface area contributed by atoms with Crippen LogP contribution in [0.5, 0.6) is 0 Å². The molecule has 3 rings (SSSR count). The molecule has 2 aliphatic rings. The molecule has 2 heterocycles. The van der Waals surface area contributed by atoms with Gasteiger partial charge in [0.2, 0.25) is 0 Å². The van der Waals surface area contributed by atoms with Crippen molar-refractivity contribution < 1.29 is 5.11 Å². The van der Waals surface area contributed by atoms with E-state index in [1.165, 1.54) is 14.0 Å². The van der Waals surface area contributed by atoms with Crippen LogP contribution >= 0.6 is 34.4 Å². The van der Waals surface area contributed by atoms with Crippen molar-refractivity contribution in [2.75, 3.05) is 38.5 Å². The van der Waals surface area contributed by atoms with Gasteiger partial charge in [-0.15, -0.1) is 11.8 Å². The van der Waals surface area contributed by atoms with E-state index in [1.807, 2.05) is 11.8 Å². The second kappa shape index (κ2) is 6.93. The lowest BCUT2D eigenvalue weighted by atomic mass is 10.2. The van der Waals surface area contributed by atoms with Crippen molar-refractivity contribution in [3.05, 3.63) is 27.3 Å². The lowest BCUT2D eigenvalue weighted by Crippen LogP contribution is -2.55. The lowest BCUT2D eigenvalue weighted by molar-refractivity contribution is -0.117. The molecule has 0 aliphatic carbocycles. The SMILES string of the molecule is OC(N1CCNCC1)N1CCSc2cccc(I)c2C1. The van der Waals surface area contributed by atoms with Crippen LogP contribution in [0, 0.1) is 3.57 Å². The van der Waals surface area contributed by atoms with Crippen molar-refractivity contribution in [1.82, 2.24) is 15.1 Å². The zero-order valence-corrected chi connectivity index (χ0v) is 14.4. The van der Waals surface area contributed by atoms with E-state index in [2.05, 4.69) is 55.9 Å². The standard InChI is InChI=1S/C14H20IN3OS/c15-12-2-1-3-13-11(12)10-18(8-9-20-13)14(19)17-6-4-16-5-7-17/h1-3,14,16,19H,4-10H2. The molecule has 0 amide bonds. The molecule has 1 unspecified atom stereocenters. The van der Waals surface area contributed by atoms with Crippen molar-refractivity contribution in [3.8, 4) is 0 Å². The number of hydrogen-bond donors (Lipinski definition) is 2. The van der Waals surface area contributed by atoms with Gasteiger partial charge < -0.3 is 10.4 Å². The average Bonchev–Trinajstić information content (AvgIpc) is 2.71. The minimum Gasteiger partial charge on any atom is -0.365 e. The highest BCUT2D eigenvalue weighted by molar-refractivity contribution is 14.1. The van der Waals surface area contributed by atoms with Gasteiger partial charge in [0.15, 0.2) is 6.35 Å². The number of nitrogens with one attached hydrogen (secondary N) is 1. The number of thioether (sulfide) groups is 1. The number of halogens is 1. The van der Waals surface area contributed by atoms with E-state index < -0.39 is 6.35 Å². The van der Waals surface area contributed by atoms with E-state index in [1.54, 1.807) is 0 Å². The van der Waals surface area contributed by atoms with Crippen LogP contribution < -0.4 is 5.32 Å². The van der Waals surface area contributed by atoms with Gasteiger partial charge in [-0.1, -0.05) is 6.07 Å². The van der Waals surface area contributed by atoms with Crippen LogP contribution in [0.3, 0.4) is 0 Å². The smallest absolute Gasteiger partial charge is 0.165 e. The molecule has 6 heteroatoms. The molecule has 110 valence electrons. The van der Waals surface area contributed by atoms with E-state index in [-0.39, 0.29) is 0 Å². The van der Waals surface area contributed by atoms with Gasteiger partial charge in [0.1, 0.15) is 0 Å². The molecule has 1 saturated heterocycles. The van der Waals surface area contributed by atoms with Crippen molar-refractivity contribution in [2.24, 2.45) is 0 Å². The monoisotopic (exact) mass is 405 g/mol. The van der Waals surface area contributed by atoms with Gasteiger partial charge in [0.05, 0.1) is 0 Å². The highest BCUT2D eigenvalue weighted by Crippen LogP contribution is 2.31. The number of aliphatic hydroxyl groups excluding tert-OH is 1. The minimum atomic E-state index is -0.459. The molecule has 0 aromatic heterocycles. The predicted octanol–water partition coefficient (Wildman–Crippen LogP) is 1.38. The van der Waals surface area contributed by atoms with Crippen molar-refractivity contribution in [2.45, 2.75) is 17.8 Å². The summed E-state index contributed by atoms with van der Waals surface area (Å²) in [7, 11) is 0. The first kappa shape index (κ1) is 15.1. The first-order valence-corrected chi connectivity index (χ1v) is 9.09. The maximum absolute atomic E-state index is 10.7. The third-order valence-electron chi connectivity index (χ3n) is 3.88. The summed E-state index contributed by atoms with van der Waals surface area (Å²) in [6.45, 7) is 5.54. The highest BCUT2D eigenvalue weighted by Gasteiger charge is 2.27. The largest absolute Gasteiger partial charge is 0.365 e. The number of fused-ring (bicyclic) bond motifs is 1. The Bertz CT molecular complexity index is 468. The number of aliphatic hydroxyl groups is 1. The summed E-state index contributed by atoms with van der Waals surface area (Å²) < 4.78 is 1.30. The number of piperazine rings is 1. The van der Waals surface area contributed by atoms with Crippen molar-refractivity contribution in [1.29, 1.82) is 0 Å². The Hall–Kier alpha value is 0.140. The predicted molar refractivity (Wildman–Crippen MR) is 90.7 cm³/mol. The Morgan fingerprint density at radius 1 is 1.20 bits per heavy atom. The molecule has 2 aliphatic heterocycles. The van der Waals surface area contributed by atoms with Crippen molar-refractivity contribution >= 4 is 34.4 Å². The molecule has 4 nitrogen and oxygen atoms in total. The summed E-state index contributed by atoms with van der Waals surface area (Å²) in [6.07, 6.45) is -0.459. The van der Waals surface area contributed by atoms with Gasteiger partial charge in [0.25, 0.3) is 0 Å². The maximum Gasteiger partial charge on any atom is 0.165 e. The van der Waals surface area contributed by atoms with Gasteiger partial charge in [-0.2, -0.15) is 0 Å². The molecule has 0 spiro atoms. The fourth-order valence-corrected chi connectivity index (χ4v) is 4.64. The van der Waals surface area contributed by atoms with E-state index >= 15 is 0 Å². The van der Waals surface area contributed by atoms with Gasteiger partial charge in [-0.3, -0.25) is 9.80 Å². The van der Waals surface area contributed by atoms with Gasteiger partial charge in [0, 0.05) is 53.5 Å². The molecule has 0 bridgehead atoms. The third-order valence-corrected chi connectivity index (χ3v) is 5.97. The molecule has 20 heavy (non-hydrogen) atoms. The van der Waals surface area contributed by atoms with E-state index in [0.29, 0.717) is 0 Å². The molecular formula is C14H20IN3OS. The first-order chi connectivity index (χ1) is 9.75. The zero-order valence-electron chi connectivity index (χ0n) is 11.4. The average molecular weight is 405 g/mol. The summed E-state index contributed by atoms with van der Waals surface area (Å²) in [5, 5.41) is 14.0. The van der Waals surface area contributed by atoms with Crippen LogP contribution in [0.15, 0.2) is 23.1 Å². The van der Waals surface area contributed by atoms with Gasteiger partial charge in [-0.05, 0) is 40.3 Å². The number of hydrogen-bond acceptors (Lipinski definition) is 5. The Kier molecular flexibility index (Phi) is 5.22. The number of benzene rings is 1. The van der Waals surface area contributed by atoms with Gasteiger partial charge in [-0.25, -0.2) is 0 Å². The van der Waals surface area contributed by atoms with Crippen LogP contribution in [-0.4, -0.2) is 59.7 Å². The number of rotatable bonds is 2. The lowest BCUT2D eigenvalue weighted by Gasteiger charge is -2.37. The second-order valence-electron chi connectivity index (χ2n) is 5.17. The minimum absolute atomic E-state index is 0.459. The molecule has 1 atom stereocenters. The Morgan fingerprint density at radius 3 is 2.80 bits per heavy atom. The van der Waals surface area contributed by atoms with Crippen LogP contribution in [0.25, 0.3) is 0 Å². The Morgan fingerprint density at radius 2 is 2.00 bits per heavy atom. The summed E-state index contributed by atoms with van der Waals surface area (Å²) in [4.78, 5) is 5.74. The first-order valence-electron chi connectivity index (χ1n) is 7.03. The van der Waals surface area contributed by atoms with Crippen molar-refractivity contribution in [3.63, 3.8) is 0 Å². The summed E-state index contributed by atoms with van der Waals surface area (Å²) in [6, 6.07) is 6.47. The van der Waals surface area contributed by atoms with Crippen LogP contribution in [-0.2, 0) is 6.54 Å². The summed E-state index contributed by atoms with van der Waals surface area (Å²) in [5.74, 6) is 1.04. The molecular weight excluding hydrogens is 385 g/mol. The molecule has 0 saturated carbocycles. The Balaban J connectivity index is 1.76. The van der Waals surface area contributed by atoms with E-state index in [4.69, 9.17) is 0 Å². The molecule has 1 aromatic carbocycles. The molecule has 2 N–H and O–H groups in total. The summed E-state index contributed by atoms with van der Waals surface area (Å²) in [5.41, 5.74) is 1.37. The zero-order chi connectivity index (χ0) is 13.9. The molecule has 0 radical (unpaired) electrons. The third kappa shape index (κ3) is 3.31. The molecule has 1 fully saturated rings.